The van der Waals surface area contributed by atoms with Crippen molar-refractivity contribution >= 4 is 0 Å². The van der Waals surface area contributed by atoms with E-state index in [4.69, 9.17) is 15.0 Å². The van der Waals surface area contributed by atoms with E-state index in [9.17, 15) is 13.2 Å². The predicted molar refractivity (Wildman–Crippen MR) is 321 cm³/mol. The van der Waals surface area contributed by atoms with Gasteiger partial charge in [-0.15, -0.1) is 0 Å². The molecule has 0 radical (unpaired) electrons. The molecule has 0 aliphatic carbocycles. The maximum atomic E-state index is 13.6. The van der Waals surface area contributed by atoms with E-state index in [0.29, 0.717) is 11.1 Å². The van der Waals surface area contributed by atoms with Gasteiger partial charge in [0, 0.05) is 40.8 Å². The molecule has 388 valence electrons. The lowest BCUT2D eigenvalue weighted by Gasteiger charge is -2.19. The van der Waals surface area contributed by atoms with Crippen LogP contribution in [0.15, 0.2) is 237 Å². The number of rotatable bonds is 10. The maximum absolute atomic E-state index is 13.6. The Kier molecular flexibility index (Phi) is 13.9. The second-order valence-corrected chi connectivity index (χ2v) is 22.5. The summed E-state index contributed by atoms with van der Waals surface area (Å²) in [6.45, 7) is 15.3. The highest BCUT2D eigenvalue weighted by atomic mass is 19.4. The molecule has 79 heavy (non-hydrogen) atoms. The third-order valence-corrected chi connectivity index (χ3v) is 15.0. The number of hydrogen-bond donors (Lipinski definition) is 0. The van der Waals surface area contributed by atoms with E-state index in [0.717, 1.165) is 112 Å². The largest absolute Gasteiger partial charge is 0.416 e. The van der Waals surface area contributed by atoms with Gasteiger partial charge in [-0.1, -0.05) is 199 Å². The minimum Gasteiger partial charge on any atom is -0.256 e. The highest BCUT2D eigenvalue weighted by Gasteiger charge is 2.30. The fourth-order valence-electron chi connectivity index (χ4n) is 10.5. The van der Waals surface area contributed by atoms with Crippen LogP contribution in [-0.4, -0.2) is 15.0 Å². The molecule has 11 aromatic rings. The standard InChI is InChI=1S/C73H60F3N3/c1-47-39-68(79-46-67(47)54-15-14-16-60(43-54)73(74,75)76)51-29-23-48(24-30-51)61-17-8-11-20-64(61)55-40-56(65-21-12-9-18-62(65)49-25-31-52(32-26-49)69-44-58(35-37-77-69)71(2,3)4)42-57(41-55)66-22-13-10-19-63(66)50-27-33-53(34-28-50)70-45-59(36-38-78-70)72(5,6)7/h8-46H,1-7H3. The van der Waals surface area contributed by atoms with Crippen LogP contribution >= 0.6 is 0 Å². The predicted octanol–water partition coefficient (Wildman–Crippen LogP) is 20.5. The van der Waals surface area contributed by atoms with Gasteiger partial charge in [0.25, 0.3) is 0 Å². The van der Waals surface area contributed by atoms with Crippen molar-refractivity contribution < 1.29 is 13.2 Å². The average Bonchev–Trinajstić information content (AvgIpc) is 3.54. The molecule has 0 bridgehead atoms. The second-order valence-electron chi connectivity index (χ2n) is 22.5. The molecule has 0 saturated heterocycles. The summed E-state index contributed by atoms with van der Waals surface area (Å²) in [5.74, 6) is 0. The highest BCUT2D eigenvalue weighted by Crippen LogP contribution is 2.44. The van der Waals surface area contributed by atoms with E-state index in [1.165, 1.54) is 23.3 Å². The number of nitrogens with zero attached hydrogens (tertiary/aromatic N) is 3. The van der Waals surface area contributed by atoms with Gasteiger partial charge in [-0.25, -0.2) is 0 Å². The number of aromatic nitrogens is 3. The van der Waals surface area contributed by atoms with E-state index in [1.54, 1.807) is 12.3 Å². The van der Waals surface area contributed by atoms with Gasteiger partial charge >= 0.3 is 6.18 Å². The van der Waals surface area contributed by atoms with Crippen LogP contribution in [0, 0.1) is 6.92 Å². The molecule has 0 unspecified atom stereocenters. The molecule has 0 atom stereocenters. The molecular formula is C73H60F3N3. The van der Waals surface area contributed by atoms with Crippen LogP contribution in [0.2, 0.25) is 0 Å². The molecule has 0 N–H and O–H groups in total. The van der Waals surface area contributed by atoms with Gasteiger partial charge in [0.05, 0.1) is 22.6 Å². The first-order valence-corrected chi connectivity index (χ1v) is 26.8. The lowest BCUT2D eigenvalue weighted by atomic mass is 9.85. The smallest absolute Gasteiger partial charge is 0.256 e. The van der Waals surface area contributed by atoms with Crippen molar-refractivity contribution in [2.45, 2.75) is 65.5 Å². The zero-order valence-electron chi connectivity index (χ0n) is 45.5. The van der Waals surface area contributed by atoms with Crippen molar-refractivity contribution in [1.29, 1.82) is 0 Å². The molecule has 0 aliphatic heterocycles. The normalized spacial score (nSPS) is 11.9. The number of aryl methyl sites for hydroxylation is 1. The summed E-state index contributed by atoms with van der Waals surface area (Å²) >= 11 is 0. The SMILES string of the molecule is Cc1cc(-c2ccc(-c3ccccc3-c3cc(-c4ccccc4-c4ccc(-c5cc(C(C)(C)C)ccn5)cc4)cc(-c4ccccc4-c4ccc(-c5cc(C(C)(C)C)ccn5)cc4)c3)cc2)ncc1-c1cccc(C(F)(F)F)c1. The van der Waals surface area contributed by atoms with Gasteiger partial charge in [0.15, 0.2) is 0 Å². The summed E-state index contributed by atoms with van der Waals surface area (Å²) in [5, 5.41) is 0. The fourth-order valence-corrected chi connectivity index (χ4v) is 10.5. The van der Waals surface area contributed by atoms with Crippen molar-refractivity contribution in [2.75, 3.05) is 0 Å². The number of benzene rings is 8. The number of halogens is 3. The molecule has 3 aromatic heterocycles. The molecule has 0 fully saturated rings. The topological polar surface area (TPSA) is 38.7 Å². The van der Waals surface area contributed by atoms with Gasteiger partial charge < -0.3 is 0 Å². The molecule has 3 heterocycles. The van der Waals surface area contributed by atoms with Crippen molar-refractivity contribution in [3.8, 4) is 112 Å². The van der Waals surface area contributed by atoms with Gasteiger partial charge in [-0.2, -0.15) is 13.2 Å². The Morgan fingerprint density at radius 2 is 0.620 bits per heavy atom. The quantitative estimate of drug-likeness (QED) is 0.137. The Morgan fingerprint density at radius 3 is 0.962 bits per heavy atom. The highest BCUT2D eigenvalue weighted by molar-refractivity contribution is 5.94. The average molecular weight is 1040 g/mol. The van der Waals surface area contributed by atoms with Crippen LogP contribution in [0.25, 0.3) is 112 Å². The minimum absolute atomic E-state index is 0.00705. The fraction of sp³-hybridized carbons (Fsp3) is 0.137. The lowest BCUT2D eigenvalue weighted by molar-refractivity contribution is -0.137. The van der Waals surface area contributed by atoms with Crippen LogP contribution in [0.1, 0.15) is 63.8 Å². The zero-order chi connectivity index (χ0) is 55.1. The van der Waals surface area contributed by atoms with Crippen LogP contribution < -0.4 is 0 Å². The zero-order valence-corrected chi connectivity index (χ0v) is 45.5. The first kappa shape index (κ1) is 52.1. The molecule has 3 nitrogen and oxygen atoms in total. The Bertz CT molecular complexity index is 3850. The number of alkyl halides is 3. The molecule has 0 aliphatic rings. The van der Waals surface area contributed by atoms with Crippen LogP contribution in [-0.2, 0) is 17.0 Å². The monoisotopic (exact) mass is 1040 g/mol. The summed E-state index contributed by atoms with van der Waals surface area (Å²) in [5.41, 5.74) is 22.6. The number of pyridine rings is 3. The van der Waals surface area contributed by atoms with E-state index < -0.39 is 11.7 Å². The number of hydrogen-bond acceptors (Lipinski definition) is 3. The van der Waals surface area contributed by atoms with E-state index in [1.807, 2.05) is 25.4 Å². The molecular weight excluding hydrogens is 976 g/mol. The van der Waals surface area contributed by atoms with E-state index >= 15 is 0 Å². The summed E-state index contributed by atoms with van der Waals surface area (Å²) in [7, 11) is 0. The molecule has 0 saturated carbocycles. The maximum Gasteiger partial charge on any atom is 0.416 e. The summed E-state index contributed by atoms with van der Waals surface area (Å²) < 4.78 is 40.8. The molecule has 11 rings (SSSR count). The lowest BCUT2D eigenvalue weighted by Crippen LogP contribution is -2.11. The first-order chi connectivity index (χ1) is 37.9. The molecule has 6 heteroatoms. The second kappa shape index (κ2) is 21.1. The summed E-state index contributed by atoms with van der Waals surface area (Å²) in [6, 6.07) is 74.7. The Hall–Kier alpha value is -9.00. The van der Waals surface area contributed by atoms with Gasteiger partial charge in [-0.3, -0.25) is 15.0 Å². The first-order valence-electron chi connectivity index (χ1n) is 26.8. The third kappa shape index (κ3) is 11.1. The van der Waals surface area contributed by atoms with Gasteiger partial charge in [-0.05, 0) is 167 Å². The third-order valence-electron chi connectivity index (χ3n) is 15.0. The minimum atomic E-state index is -4.43. The molecule has 8 aromatic carbocycles. The molecule has 0 spiro atoms. The van der Waals surface area contributed by atoms with Crippen molar-refractivity contribution in [3.63, 3.8) is 0 Å². The summed E-state index contributed by atoms with van der Waals surface area (Å²) in [6.07, 6.45) is 1.05. The van der Waals surface area contributed by atoms with Crippen LogP contribution in [0.4, 0.5) is 13.2 Å². The Morgan fingerprint density at radius 1 is 0.278 bits per heavy atom. The van der Waals surface area contributed by atoms with Gasteiger partial charge in [0.2, 0.25) is 0 Å². The van der Waals surface area contributed by atoms with Crippen LogP contribution in [0.5, 0.6) is 0 Å². The Balaban J connectivity index is 0.995. The van der Waals surface area contributed by atoms with E-state index in [2.05, 4.69) is 230 Å². The van der Waals surface area contributed by atoms with Crippen molar-refractivity contribution in [1.82, 2.24) is 15.0 Å². The van der Waals surface area contributed by atoms with E-state index in [-0.39, 0.29) is 10.8 Å². The van der Waals surface area contributed by atoms with Gasteiger partial charge in [0.1, 0.15) is 0 Å². The Labute approximate surface area is 462 Å². The molecule has 0 amide bonds. The summed E-state index contributed by atoms with van der Waals surface area (Å²) in [4.78, 5) is 14.3. The van der Waals surface area contributed by atoms with Crippen LogP contribution in [0.3, 0.4) is 0 Å². The van der Waals surface area contributed by atoms with Crippen molar-refractivity contribution in [3.05, 3.63) is 259 Å². The van der Waals surface area contributed by atoms with Crippen molar-refractivity contribution in [2.24, 2.45) is 0 Å².